The molecular weight excluding hydrogens is 416 g/mol. The van der Waals surface area contributed by atoms with Gasteiger partial charge in [0, 0.05) is 25.6 Å². The molecule has 0 radical (unpaired) electrons. The van der Waals surface area contributed by atoms with Gasteiger partial charge in [-0.25, -0.2) is 9.97 Å². The number of aromatic nitrogens is 3. The highest BCUT2D eigenvalue weighted by Crippen LogP contribution is 2.27. The summed E-state index contributed by atoms with van der Waals surface area (Å²) in [5, 5.41) is 3.01. The predicted molar refractivity (Wildman–Crippen MR) is 128 cm³/mol. The first-order valence-electron chi connectivity index (χ1n) is 11.0. The van der Waals surface area contributed by atoms with E-state index < -0.39 is 0 Å². The molecule has 0 aliphatic heterocycles. The van der Waals surface area contributed by atoms with Crippen LogP contribution in [0.3, 0.4) is 0 Å². The van der Waals surface area contributed by atoms with Crippen LogP contribution < -0.4 is 14.8 Å². The molecule has 7 heteroatoms. The molecule has 0 spiro atoms. The maximum atomic E-state index is 12.5. The molecule has 0 aliphatic carbocycles. The van der Waals surface area contributed by atoms with E-state index in [1.807, 2.05) is 48.5 Å². The van der Waals surface area contributed by atoms with E-state index >= 15 is 0 Å². The largest absolute Gasteiger partial charge is 0.493 e. The van der Waals surface area contributed by atoms with Gasteiger partial charge >= 0.3 is 0 Å². The van der Waals surface area contributed by atoms with Gasteiger partial charge in [0.2, 0.25) is 5.91 Å². The van der Waals surface area contributed by atoms with Gasteiger partial charge < -0.3 is 19.4 Å². The molecule has 4 rings (SSSR count). The topological polar surface area (TPSA) is 78.3 Å². The summed E-state index contributed by atoms with van der Waals surface area (Å²) in [7, 11) is 3.23. The molecule has 0 unspecified atom stereocenters. The third-order valence-electron chi connectivity index (χ3n) is 5.53. The molecule has 0 saturated heterocycles. The number of benzene rings is 2. The van der Waals surface area contributed by atoms with Crippen molar-refractivity contribution in [2.45, 2.75) is 25.8 Å². The zero-order valence-corrected chi connectivity index (χ0v) is 19.0. The Morgan fingerprint density at radius 3 is 2.55 bits per heavy atom. The van der Waals surface area contributed by atoms with E-state index in [2.05, 4.69) is 27.0 Å². The minimum Gasteiger partial charge on any atom is -0.493 e. The standard InChI is InChI=1S/C26H28N4O3/c1-32-22-11-10-19(17-23(22)33-2)14-16-27-25(31)13-12-24-29-21-9-6-15-28-26(21)30(24)18-20-7-4-3-5-8-20/h3-11,15,17H,12-14,16,18H2,1-2H3,(H,27,31). The molecule has 1 N–H and O–H groups in total. The number of methoxy groups -OCH3 is 2. The summed E-state index contributed by atoms with van der Waals surface area (Å²) in [4.78, 5) is 21.8. The summed E-state index contributed by atoms with van der Waals surface area (Å²) in [6, 6.07) is 19.8. The van der Waals surface area contributed by atoms with Crippen molar-refractivity contribution < 1.29 is 14.3 Å². The van der Waals surface area contributed by atoms with Crippen molar-refractivity contribution >= 4 is 17.1 Å². The lowest BCUT2D eigenvalue weighted by atomic mass is 10.1. The van der Waals surface area contributed by atoms with E-state index in [1.54, 1.807) is 20.4 Å². The maximum absolute atomic E-state index is 12.5. The van der Waals surface area contributed by atoms with Crippen LogP contribution in [0.2, 0.25) is 0 Å². The second kappa shape index (κ2) is 10.6. The third-order valence-corrected chi connectivity index (χ3v) is 5.53. The molecule has 2 aromatic carbocycles. The first-order chi connectivity index (χ1) is 16.2. The fourth-order valence-electron chi connectivity index (χ4n) is 3.82. The number of carbonyl (C=O) groups excluding carboxylic acids is 1. The Morgan fingerprint density at radius 1 is 0.939 bits per heavy atom. The molecule has 2 heterocycles. The van der Waals surface area contributed by atoms with Gasteiger partial charge in [0.1, 0.15) is 11.3 Å². The monoisotopic (exact) mass is 444 g/mol. The Balaban J connectivity index is 1.36. The first kappa shape index (κ1) is 22.3. The van der Waals surface area contributed by atoms with Crippen LogP contribution in [0.1, 0.15) is 23.4 Å². The van der Waals surface area contributed by atoms with Gasteiger partial charge in [-0.1, -0.05) is 36.4 Å². The first-order valence-corrected chi connectivity index (χ1v) is 11.0. The number of ether oxygens (including phenoxy) is 2. The van der Waals surface area contributed by atoms with Crippen molar-refractivity contribution in [2.24, 2.45) is 0 Å². The zero-order chi connectivity index (χ0) is 23.0. The number of imidazole rings is 1. The molecule has 0 saturated carbocycles. The van der Waals surface area contributed by atoms with Crippen molar-refractivity contribution in [3.05, 3.63) is 83.8 Å². The SMILES string of the molecule is COc1ccc(CCNC(=O)CCc2nc3cccnc3n2Cc2ccccc2)cc1OC. The molecule has 170 valence electrons. The van der Waals surface area contributed by atoms with E-state index in [0.717, 1.165) is 22.6 Å². The van der Waals surface area contributed by atoms with Crippen LogP contribution in [0.4, 0.5) is 0 Å². The summed E-state index contributed by atoms with van der Waals surface area (Å²) >= 11 is 0. The minimum atomic E-state index is 0.00162. The number of amides is 1. The van der Waals surface area contributed by atoms with Crippen LogP contribution in [0.25, 0.3) is 11.2 Å². The maximum Gasteiger partial charge on any atom is 0.220 e. The second-order valence-corrected chi connectivity index (χ2v) is 7.74. The quantitative estimate of drug-likeness (QED) is 0.403. The number of nitrogens with one attached hydrogen (secondary N) is 1. The molecule has 2 aromatic heterocycles. The summed E-state index contributed by atoms with van der Waals surface area (Å²) in [6.45, 7) is 1.22. The van der Waals surface area contributed by atoms with Crippen molar-refractivity contribution in [3.8, 4) is 11.5 Å². The smallest absolute Gasteiger partial charge is 0.220 e. The molecule has 0 fully saturated rings. The van der Waals surface area contributed by atoms with Crippen LogP contribution in [-0.4, -0.2) is 41.2 Å². The van der Waals surface area contributed by atoms with Crippen molar-refractivity contribution in [1.82, 2.24) is 19.9 Å². The highest BCUT2D eigenvalue weighted by atomic mass is 16.5. The second-order valence-electron chi connectivity index (χ2n) is 7.74. The fourth-order valence-corrected chi connectivity index (χ4v) is 3.82. The van der Waals surface area contributed by atoms with Crippen molar-refractivity contribution in [2.75, 3.05) is 20.8 Å². The predicted octanol–water partition coefficient (Wildman–Crippen LogP) is 3.79. The Labute approximate surface area is 193 Å². The number of rotatable bonds is 10. The number of fused-ring (bicyclic) bond motifs is 1. The zero-order valence-electron chi connectivity index (χ0n) is 19.0. The number of aryl methyl sites for hydroxylation is 1. The molecule has 0 bridgehead atoms. The minimum absolute atomic E-state index is 0.00162. The van der Waals surface area contributed by atoms with E-state index in [9.17, 15) is 4.79 Å². The van der Waals surface area contributed by atoms with Crippen LogP contribution in [0.15, 0.2) is 66.9 Å². The Hall–Kier alpha value is -3.87. The van der Waals surface area contributed by atoms with Crippen LogP contribution >= 0.6 is 0 Å². The Kier molecular flexibility index (Phi) is 7.19. The molecule has 0 atom stereocenters. The van der Waals surface area contributed by atoms with E-state index in [4.69, 9.17) is 14.5 Å². The number of nitrogens with zero attached hydrogens (tertiary/aromatic N) is 3. The molecular formula is C26H28N4O3. The normalized spacial score (nSPS) is 10.8. The lowest BCUT2D eigenvalue weighted by molar-refractivity contribution is -0.121. The van der Waals surface area contributed by atoms with Crippen LogP contribution in [-0.2, 0) is 24.2 Å². The van der Waals surface area contributed by atoms with Gasteiger partial charge in [0.25, 0.3) is 0 Å². The van der Waals surface area contributed by atoms with Crippen molar-refractivity contribution in [3.63, 3.8) is 0 Å². The van der Waals surface area contributed by atoms with E-state index in [1.165, 1.54) is 5.56 Å². The van der Waals surface area contributed by atoms with Crippen LogP contribution in [0.5, 0.6) is 11.5 Å². The van der Waals surface area contributed by atoms with Gasteiger partial charge in [-0.05, 0) is 41.8 Å². The summed E-state index contributed by atoms with van der Waals surface area (Å²) < 4.78 is 12.7. The lowest BCUT2D eigenvalue weighted by Crippen LogP contribution is -2.26. The fraction of sp³-hybridized carbons (Fsp3) is 0.269. The van der Waals surface area contributed by atoms with Gasteiger partial charge in [-0.3, -0.25) is 4.79 Å². The van der Waals surface area contributed by atoms with Gasteiger partial charge in [-0.2, -0.15) is 0 Å². The van der Waals surface area contributed by atoms with Gasteiger partial charge in [-0.15, -0.1) is 0 Å². The number of hydrogen-bond donors (Lipinski definition) is 1. The third kappa shape index (κ3) is 5.49. The Morgan fingerprint density at radius 2 is 1.76 bits per heavy atom. The Bertz CT molecular complexity index is 1220. The summed E-state index contributed by atoms with van der Waals surface area (Å²) in [5.74, 6) is 2.25. The molecule has 1 amide bonds. The highest BCUT2D eigenvalue weighted by molar-refractivity contribution is 5.76. The van der Waals surface area contributed by atoms with E-state index in [0.29, 0.717) is 43.9 Å². The average Bonchev–Trinajstić information content (AvgIpc) is 3.20. The van der Waals surface area contributed by atoms with E-state index in [-0.39, 0.29) is 5.91 Å². The van der Waals surface area contributed by atoms with Crippen LogP contribution in [0, 0.1) is 0 Å². The highest BCUT2D eigenvalue weighted by Gasteiger charge is 2.14. The molecule has 0 aliphatic rings. The molecule has 4 aromatic rings. The summed E-state index contributed by atoms with van der Waals surface area (Å²) in [5.41, 5.74) is 3.93. The summed E-state index contributed by atoms with van der Waals surface area (Å²) in [6.07, 6.45) is 3.40. The number of carbonyl (C=O) groups is 1. The van der Waals surface area contributed by atoms with Crippen molar-refractivity contribution in [1.29, 1.82) is 0 Å². The lowest BCUT2D eigenvalue weighted by Gasteiger charge is -2.11. The number of hydrogen-bond acceptors (Lipinski definition) is 5. The number of pyridine rings is 1. The van der Waals surface area contributed by atoms with Gasteiger partial charge in [0.15, 0.2) is 17.1 Å². The average molecular weight is 445 g/mol. The molecule has 33 heavy (non-hydrogen) atoms. The van der Waals surface area contributed by atoms with Gasteiger partial charge in [0.05, 0.1) is 20.8 Å². The molecule has 7 nitrogen and oxygen atoms in total.